The van der Waals surface area contributed by atoms with Crippen LogP contribution in [-0.2, 0) is 105 Å². The van der Waals surface area contributed by atoms with Crippen LogP contribution in [0.4, 0.5) is 52.7 Å². The molecule has 2 aliphatic heterocycles. The van der Waals surface area contributed by atoms with Gasteiger partial charge in [-0.1, -0.05) is 146 Å². The van der Waals surface area contributed by atoms with Crippen molar-refractivity contribution in [3.63, 3.8) is 0 Å². The van der Waals surface area contributed by atoms with Crippen LogP contribution < -0.4 is 18.1 Å². The molecular formula is C92H70F12O8P2Zn. The standard InChI is InChI=1S/2C46H35F6O4P.Zn/c2*47-45(48,49)35-21-17-29(18-22-35)27-9-13-31(14-10-27)39-25-33-5-1-3-7-37(33)41-42-38-8-4-2-6-34(38)26-40(44(42)56-57(53,54)55-43(39)41)32-15-11-28(12-16-32)30-19-23-36(24-20-30)46(50,51)52;/h2*9-26H,1-8H2,(H,53,54);. The molecule has 115 heavy (non-hydrogen) atoms. The Labute approximate surface area is 667 Å². The summed E-state index contributed by atoms with van der Waals surface area (Å²) in [4.78, 5) is 23.0. The van der Waals surface area contributed by atoms with Crippen LogP contribution in [0.3, 0.4) is 0 Å². The van der Waals surface area contributed by atoms with Gasteiger partial charge in [0.1, 0.15) is 23.0 Å². The number of aryl methyl sites for hydroxylation is 4. The number of benzene rings is 12. The van der Waals surface area contributed by atoms with Gasteiger partial charge in [0.2, 0.25) is 0 Å². The fraction of sp³-hybridized carbons (Fsp3) is 0.217. The first-order valence-electron chi connectivity index (χ1n) is 37.8. The summed E-state index contributed by atoms with van der Waals surface area (Å²) < 4.78 is 211. The van der Waals surface area contributed by atoms with Gasteiger partial charge in [-0.15, -0.1) is 0 Å². The number of rotatable bonds is 8. The van der Waals surface area contributed by atoms with Gasteiger partial charge in [0.15, 0.2) is 0 Å². The summed E-state index contributed by atoms with van der Waals surface area (Å²) in [5, 5.41) is 0. The topological polar surface area (TPSA) is 112 Å². The van der Waals surface area contributed by atoms with E-state index in [0.29, 0.717) is 89.0 Å². The van der Waals surface area contributed by atoms with Crippen LogP contribution in [-0.4, -0.2) is 9.79 Å². The van der Waals surface area contributed by atoms with Crippen LogP contribution in [0.1, 0.15) is 118 Å². The summed E-state index contributed by atoms with van der Waals surface area (Å²) in [6.07, 6.45) is -3.95. The largest absolute Gasteiger partial charge is 0.584 e. The molecule has 0 unspecified atom stereocenters. The molecule has 2 heterocycles. The molecule has 0 aromatic heterocycles. The van der Waals surface area contributed by atoms with Crippen LogP contribution in [0, 0.1) is 0 Å². The molecule has 0 amide bonds. The first kappa shape index (κ1) is 78.9. The molecule has 0 radical (unpaired) electrons. The Morgan fingerprint density at radius 3 is 0.548 bits per heavy atom. The fourth-order valence-electron chi connectivity index (χ4n) is 17.1. The van der Waals surface area contributed by atoms with Crippen molar-refractivity contribution in [1.82, 2.24) is 0 Å². The maximum Gasteiger partial charge on any atom is 0.584 e. The molecule has 0 fully saturated rings. The van der Waals surface area contributed by atoms with Crippen molar-refractivity contribution in [1.29, 1.82) is 0 Å². The Morgan fingerprint density at radius 1 is 0.235 bits per heavy atom. The van der Waals surface area contributed by atoms with Crippen LogP contribution >= 0.6 is 15.6 Å². The predicted octanol–water partition coefficient (Wildman–Crippen LogP) is 27.4. The first-order chi connectivity index (χ1) is 54.5. The normalized spacial score (nSPS) is 15.8. The van der Waals surface area contributed by atoms with E-state index in [1.807, 2.05) is 121 Å². The monoisotopic (exact) mass is 1660 g/mol. The molecule has 0 atom stereocenters. The quantitative estimate of drug-likeness (QED) is 0.0879. The second-order valence-corrected chi connectivity index (χ2v) is 32.4. The zero-order valence-electron chi connectivity index (χ0n) is 61.6. The fourth-order valence-corrected chi connectivity index (χ4v) is 18.9. The molecule has 8 nitrogen and oxygen atoms in total. The van der Waals surface area contributed by atoms with Gasteiger partial charge in [-0.05, 0) is 287 Å². The number of hydrogen-bond acceptors (Lipinski definition) is 6. The second kappa shape index (κ2) is 30.6. The molecule has 18 rings (SSSR count). The summed E-state index contributed by atoms with van der Waals surface area (Å²) in [5.74, 6) is 1.02. The van der Waals surface area contributed by atoms with Gasteiger partial charge >= 0.3 is 40.4 Å². The molecule has 4 aliphatic carbocycles. The average Bonchev–Trinajstić information content (AvgIpc) is 1.70. The van der Waals surface area contributed by atoms with Crippen molar-refractivity contribution in [2.45, 2.75) is 127 Å². The van der Waals surface area contributed by atoms with Crippen LogP contribution in [0.5, 0.6) is 23.0 Å². The number of hydrogen-bond donors (Lipinski definition) is 2. The minimum atomic E-state index is -4.80. The van der Waals surface area contributed by atoms with Gasteiger partial charge in [0, 0.05) is 64.0 Å². The Bertz CT molecular complexity index is 5140. The van der Waals surface area contributed by atoms with E-state index in [1.54, 1.807) is 0 Å². The number of phosphoric acid groups is 2. The van der Waals surface area contributed by atoms with E-state index in [1.165, 1.54) is 48.5 Å². The maximum absolute atomic E-state index is 14.1. The molecule has 0 spiro atoms. The Morgan fingerprint density at radius 2 is 0.383 bits per heavy atom. The maximum atomic E-state index is 14.1. The Kier molecular flexibility index (Phi) is 21.0. The number of alkyl halides is 12. The van der Waals surface area contributed by atoms with E-state index in [0.717, 1.165) is 218 Å². The zero-order valence-corrected chi connectivity index (χ0v) is 66.3. The first-order valence-corrected chi connectivity index (χ1v) is 40.8. The van der Waals surface area contributed by atoms with Gasteiger partial charge < -0.3 is 18.1 Å². The van der Waals surface area contributed by atoms with Crippen molar-refractivity contribution in [2.75, 3.05) is 0 Å². The summed E-state index contributed by atoms with van der Waals surface area (Å²) in [5.41, 5.74) is 19.3. The van der Waals surface area contributed by atoms with Gasteiger partial charge in [-0.3, -0.25) is 9.79 Å². The molecule has 23 heteroatoms. The third kappa shape index (κ3) is 15.8. The number of halogens is 12. The summed E-state index contributed by atoms with van der Waals surface area (Å²) in [6.45, 7) is 0. The second-order valence-electron chi connectivity index (χ2n) is 29.8. The van der Waals surface area contributed by atoms with E-state index < -0.39 is 62.6 Å². The molecule has 6 aliphatic rings. The molecule has 0 bridgehead atoms. The number of fused-ring (bicyclic) bond motifs is 14. The minimum absolute atomic E-state index is 0. The summed E-state index contributed by atoms with van der Waals surface area (Å²) in [7, 11) is -9.59. The molecule has 582 valence electrons. The van der Waals surface area contributed by atoms with Gasteiger partial charge in [-0.2, -0.15) is 52.7 Å². The third-order valence-corrected chi connectivity index (χ3v) is 24.4. The van der Waals surface area contributed by atoms with Crippen molar-refractivity contribution in [3.05, 3.63) is 285 Å². The van der Waals surface area contributed by atoms with E-state index >= 15 is 0 Å². The van der Waals surface area contributed by atoms with Gasteiger partial charge in [0.05, 0.1) is 22.3 Å². The Balaban J connectivity index is 0.000000171. The van der Waals surface area contributed by atoms with Crippen molar-refractivity contribution in [3.8, 4) is 134 Å². The summed E-state index contributed by atoms with van der Waals surface area (Å²) >= 11 is 0. The smallest absolute Gasteiger partial charge is 0.394 e. The van der Waals surface area contributed by atoms with Crippen LogP contribution in [0.15, 0.2) is 218 Å². The molecular weight excluding hydrogens is 1590 g/mol. The van der Waals surface area contributed by atoms with E-state index in [9.17, 15) is 71.6 Å². The summed E-state index contributed by atoms with van der Waals surface area (Å²) in [6, 6.07) is 57.4. The molecule has 12 aromatic carbocycles. The van der Waals surface area contributed by atoms with E-state index in [-0.39, 0.29) is 42.5 Å². The number of phosphoric ester groups is 2. The van der Waals surface area contributed by atoms with Crippen molar-refractivity contribution < 1.29 is 109 Å². The minimum Gasteiger partial charge on any atom is -0.394 e. The van der Waals surface area contributed by atoms with Gasteiger partial charge in [-0.25, -0.2) is 9.13 Å². The molecule has 12 aromatic rings. The Hall–Kier alpha value is -10.00. The van der Waals surface area contributed by atoms with Crippen molar-refractivity contribution >= 4 is 15.6 Å². The SMILES string of the molecule is O=P1(O)Oc2c(-c3ccc(-c4ccc(C(F)(F)F)cc4)cc3)cc3c(c2-c2c4c(cc(-c5ccc(-c6ccc(C(F)(F)F)cc6)cc5)c2O1)CCCC4)CCCC3.O=P1(O)Oc2c(-c3ccc(-c4ccc(C(F)(F)F)cc4)cc3)cc3c(c2-c2c4c(cc(-c5ccc(-c6ccc(C(F)(F)F)cc6)cc5)c2O1)CCCC4)CCCC3.[Zn]. The van der Waals surface area contributed by atoms with Crippen molar-refractivity contribution in [2.24, 2.45) is 0 Å². The zero-order chi connectivity index (χ0) is 79.4. The molecule has 2 N–H and O–H groups in total. The van der Waals surface area contributed by atoms with Crippen LogP contribution in [0.2, 0.25) is 0 Å². The van der Waals surface area contributed by atoms with Crippen LogP contribution in [0.25, 0.3) is 111 Å². The molecule has 0 saturated carbocycles. The average molecular weight is 1660 g/mol. The van der Waals surface area contributed by atoms with E-state index in [2.05, 4.69) is 0 Å². The third-order valence-electron chi connectivity index (χ3n) is 22.7. The molecule has 0 saturated heterocycles. The van der Waals surface area contributed by atoms with E-state index in [4.69, 9.17) is 18.1 Å². The van der Waals surface area contributed by atoms with Gasteiger partial charge in [0.25, 0.3) is 0 Å². The predicted molar refractivity (Wildman–Crippen MR) is 416 cm³/mol.